The van der Waals surface area contributed by atoms with Gasteiger partial charge in [-0.25, -0.2) is 11.6 Å². The molecule has 0 saturated heterocycles. The van der Waals surface area contributed by atoms with Gasteiger partial charge in [-0.2, -0.15) is 34.8 Å². The molecule has 0 N–H and O–H groups in total. The second kappa shape index (κ2) is 13.8. The maximum absolute atomic E-state index is 3.00. The van der Waals surface area contributed by atoms with E-state index in [0.717, 1.165) is 0 Å². The molecule has 0 saturated carbocycles. The van der Waals surface area contributed by atoms with Gasteiger partial charge in [0, 0.05) is 8.07 Å². The molecule has 3 aromatic carbocycles. The van der Waals surface area contributed by atoms with Crippen LogP contribution in [0.5, 0.6) is 0 Å². The van der Waals surface area contributed by atoms with Crippen LogP contribution in [0, 0.1) is 6.92 Å². The SMILES string of the molecule is C=C.C[Si](C)(C)c1c[cH-]c2ccccc12.Cc1cc[cH-]c1.[Cl-].[Cl-].[Hf+4]. The third kappa shape index (κ3) is 8.62. The van der Waals surface area contributed by atoms with Crippen molar-refractivity contribution in [3.8, 4) is 0 Å². The van der Waals surface area contributed by atoms with Gasteiger partial charge in [-0.15, -0.1) is 42.8 Å². The molecule has 0 heterocycles. The van der Waals surface area contributed by atoms with Gasteiger partial charge in [0.15, 0.2) is 0 Å². The number of rotatable bonds is 1. The molecule has 24 heavy (non-hydrogen) atoms. The molecule has 128 valence electrons. The monoisotopic (exact) mass is 544 g/mol. The molecule has 0 bridgehead atoms. The molecule has 0 fully saturated rings. The normalized spacial score (nSPS) is 9.00. The Morgan fingerprint density at radius 1 is 0.917 bits per heavy atom. The first kappa shape index (κ1) is 28.4. The molecule has 0 aliphatic carbocycles. The van der Waals surface area contributed by atoms with Crippen molar-refractivity contribution in [2.24, 2.45) is 0 Å². The molecule has 0 spiro atoms. The van der Waals surface area contributed by atoms with Crippen LogP contribution in [0.2, 0.25) is 19.6 Å². The zero-order chi connectivity index (χ0) is 15.9. The van der Waals surface area contributed by atoms with Gasteiger partial charge in [0.1, 0.15) is 0 Å². The van der Waals surface area contributed by atoms with Gasteiger partial charge in [0.2, 0.25) is 0 Å². The first-order valence-corrected chi connectivity index (χ1v) is 10.8. The number of benzene rings is 1. The van der Waals surface area contributed by atoms with E-state index in [1.807, 2.05) is 12.1 Å². The van der Waals surface area contributed by atoms with Crippen LogP contribution in [0.3, 0.4) is 0 Å². The van der Waals surface area contributed by atoms with Crippen LogP contribution < -0.4 is 30.0 Å². The Morgan fingerprint density at radius 2 is 1.50 bits per heavy atom. The fourth-order valence-corrected chi connectivity index (χ4v) is 3.89. The summed E-state index contributed by atoms with van der Waals surface area (Å²) in [5.74, 6) is 0. The van der Waals surface area contributed by atoms with E-state index in [4.69, 9.17) is 0 Å². The zero-order valence-corrected chi connectivity index (χ0v) is 21.0. The Morgan fingerprint density at radius 3 is 1.92 bits per heavy atom. The van der Waals surface area contributed by atoms with E-state index in [-0.39, 0.29) is 50.7 Å². The summed E-state index contributed by atoms with van der Waals surface area (Å²) in [6, 6.07) is 21.5. The minimum absolute atomic E-state index is 0. The van der Waals surface area contributed by atoms with Gasteiger partial charge in [0.05, 0.1) is 0 Å². The number of fused-ring (bicyclic) bond motifs is 1. The number of aryl methyl sites for hydroxylation is 1. The summed E-state index contributed by atoms with van der Waals surface area (Å²) < 4.78 is 0. The molecule has 0 amide bonds. The number of halogens is 2. The summed E-state index contributed by atoms with van der Waals surface area (Å²) in [5.41, 5.74) is 1.34. The Kier molecular flexibility index (Phi) is 16.4. The van der Waals surface area contributed by atoms with Crippen LogP contribution >= 0.6 is 0 Å². The first-order chi connectivity index (χ1) is 9.98. The number of hydrogen-bond donors (Lipinski definition) is 0. The average molecular weight is 544 g/mol. The van der Waals surface area contributed by atoms with E-state index in [0.29, 0.717) is 0 Å². The largest absolute Gasteiger partial charge is 4.00 e. The van der Waals surface area contributed by atoms with Crippen LogP contribution in [0.25, 0.3) is 10.8 Å². The Labute approximate surface area is 179 Å². The summed E-state index contributed by atoms with van der Waals surface area (Å²) in [6.45, 7) is 15.3. The van der Waals surface area contributed by atoms with Crippen molar-refractivity contribution in [1.29, 1.82) is 0 Å². The maximum atomic E-state index is 3.00. The summed E-state index contributed by atoms with van der Waals surface area (Å²) in [6.07, 6.45) is 0. The molecule has 3 rings (SSSR count). The summed E-state index contributed by atoms with van der Waals surface area (Å²) in [7, 11) is -1.15. The predicted octanol–water partition coefficient (Wildman–Crippen LogP) is -0.374. The van der Waals surface area contributed by atoms with Crippen molar-refractivity contribution >= 4 is 24.0 Å². The topological polar surface area (TPSA) is 0 Å². The van der Waals surface area contributed by atoms with Gasteiger partial charge in [-0.3, -0.25) is 0 Å². The summed E-state index contributed by atoms with van der Waals surface area (Å²) in [5, 5.41) is 4.43. The van der Waals surface area contributed by atoms with Gasteiger partial charge in [0.25, 0.3) is 0 Å². The van der Waals surface area contributed by atoms with Crippen molar-refractivity contribution in [2.45, 2.75) is 26.6 Å². The Balaban J connectivity index is -0.000000347. The molecular weight excluding hydrogens is 518 g/mol. The van der Waals surface area contributed by atoms with Gasteiger partial charge < -0.3 is 24.8 Å². The van der Waals surface area contributed by atoms with Crippen molar-refractivity contribution in [1.82, 2.24) is 0 Å². The van der Waals surface area contributed by atoms with Crippen molar-refractivity contribution in [3.63, 3.8) is 0 Å². The van der Waals surface area contributed by atoms with Crippen LogP contribution in [0.15, 0.2) is 73.8 Å². The Bertz CT molecular complexity index is 652. The predicted molar refractivity (Wildman–Crippen MR) is 101 cm³/mol. The quantitative estimate of drug-likeness (QED) is 0.223. The molecule has 3 aromatic rings. The zero-order valence-electron chi connectivity index (χ0n) is 14.9. The van der Waals surface area contributed by atoms with Gasteiger partial charge in [-0.1, -0.05) is 32.6 Å². The fraction of sp³-hybridized carbons (Fsp3) is 0.200. The molecular formula is C20H26Cl2HfSi. The third-order valence-corrected chi connectivity index (χ3v) is 5.37. The minimum atomic E-state index is -1.15. The van der Waals surface area contributed by atoms with Gasteiger partial charge >= 0.3 is 25.8 Å². The smallest absolute Gasteiger partial charge is 1.00 e. The Hall–Kier alpha value is -0.413. The molecule has 0 aliphatic heterocycles. The van der Waals surface area contributed by atoms with E-state index >= 15 is 0 Å². The van der Waals surface area contributed by atoms with E-state index in [1.165, 1.54) is 16.3 Å². The molecule has 4 heteroatoms. The van der Waals surface area contributed by atoms with Crippen molar-refractivity contribution in [3.05, 3.63) is 79.4 Å². The fourth-order valence-electron chi connectivity index (χ4n) is 2.27. The van der Waals surface area contributed by atoms with Crippen LogP contribution in [-0.2, 0) is 25.8 Å². The maximum Gasteiger partial charge on any atom is 4.00 e. The average Bonchev–Trinajstić information content (AvgIpc) is 3.09. The van der Waals surface area contributed by atoms with Crippen LogP contribution in [0.1, 0.15) is 5.56 Å². The molecule has 0 unspecified atom stereocenters. The molecule has 0 aliphatic rings. The first-order valence-electron chi connectivity index (χ1n) is 7.32. The summed E-state index contributed by atoms with van der Waals surface area (Å²) >= 11 is 0. The second-order valence-electron chi connectivity index (χ2n) is 6.05. The molecule has 0 radical (unpaired) electrons. The minimum Gasteiger partial charge on any atom is -1.00 e. The van der Waals surface area contributed by atoms with E-state index in [9.17, 15) is 0 Å². The molecule has 0 atom stereocenters. The van der Waals surface area contributed by atoms with Crippen LogP contribution in [0.4, 0.5) is 0 Å². The summed E-state index contributed by atoms with van der Waals surface area (Å²) in [4.78, 5) is 0. The standard InChI is InChI=1S/C12H15Si.C6H7.C2H4.2ClH.Hf/c1-13(2,3)12-9-8-10-6-4-5-7-11(10)12;1-6-4-2-3-5-6;1-2;;;/h4-9H,1-3H3;2-5H,1H3;1-2H2;2*1H;/q2*-1;;;;+4/p-2. The second-order valence-corrected chi connectivity index (χ2v) is 11.1. The van der Waals surface area contributed by atoms with Crippen molar-refractivity contribution in [2.75, 3.05) is 0 Å². The van der Waals surface area contributed by atoms with E-state index in [1.54, 1.807) is 5.19 Å². The molecule has 0 nitrogen and oxygen atoms in total. The third-order valence-electron chi connectivity index (χ3n) is 3.32. The van der Waals surface area contributed by atoms with Crippen molar-refractivity contribution < 1.29 is 50.7 Å². The van der Waals surface area contributed by atoms with E-state index < -0.39 is 8.07 Å². The molecule has 0 aromatic heterocycles. The van der Waals surface area contributed by atoms with Crippen LogP contribution in [-0.4, -0.2) is 8.07 Å². The van der Waals surface area contributed by atoms with Gasteiger partial charge in [-0.05, 0) is 0 Å². The van der Waals surface area contributed by atoms with E-state index in [2.05, 4.69) is 88.3 Å². The number of hydrogen-bond acceptors (Lipinski definition) is 0.